The molecule has 1 aromatic heterocycles. The monoisotopic (exact) mass is 318 g/mol. The first-order chi connectivity index (χ1) is 11.3. The Labute approximate surface area is 139 Å². The highest BCUT2D eigenvalue weighted by atomic mass is 15.3. The van der Waals surface area contributed by atoms with Crippen molar-refractivity contribution in [1.82, 2.24) is 25.0 Å². The third kappa shape index (κ3) is 4.03. The molecule has 6 nitrogen and oxygen atoms in total. The lowest BCUT2D eigenvalue weighted by molar-refractivity contribution is 0.273. The van der Waals surface area contributed by atoms with Gasteiger partial charge in [0, 0.05) is 32.6 Å². The fourth-order valence-corrected chi connectivity index (χ4v) is 3.45. The Kier molecular flexibility index (Phi) is 5.51. The summed E-state index contributed by atoms with van der Waals surface area (Å²) in [4.78, 5) is 7.24. The van der Waals surface area contributed by atoms with Crippen LogP contribution >= 0.6 is 0 Å². The van der Waals surface area contributed by atoms with Gasteiger partial charge in [-0.05, 0) is 38.5 Å². The second kappa shape index (κ2) is 7.79. The molecule has 1 aromatic rings. The highest BCUT2D eigenvalue weighted by Gasteiger charge is 2.19. The quantitative estimate of drug-likeness (QED) is 0.686. The summed E-state index contributed by atoms with van der Waals surface area (Å²) >= 11 is 0. The zero-order valence-corrected chi connectivity index (χ0v) is 14.6. The fraction of sp³-hybridized carbons (Fsp3) is 0.824. The van der Waals surface area contributed by atoms with Gasteiger partial charge in [-0.15, -0.1) is 10.2 Å². The molecule has 0 saturated carbocycles. The Morgan fingerprint density at radius 1 is 1.17 bits per heavy atom. The minimum atomic E-state index is 0.626. The van der Waals surface area contributed by atoms with Crippen LogP contribution in [0.5, 0.6) is 0 Å². The van der Waals surface area contributed by atoms with Gasteiger partial charge in [0.15, 0.2) is 11.8 Å². The minimum absolute atomic E-state index is 0.626. The molecule has 2 aliphatic rings. The first-order valence-electron chi connectivity index (χ1n) is 9.22. The van der Waals surface area contributed by atoms with Crippen molar-refractivity contribution in [2.75, 3.05) is 19.6 Å². The van der Waals surface area contributed by atoms with Crippen LogP contribution in [0.1, 0.15) is 57.6 Å². The summed E-state index contributed by atoms with van der Waals surface area (Å²) in [5.74, 6) is 4.03. The van der Waals surface area contributed by atoms with E-state index < -0.39 is 0 Å². The van der Waals surface area contributed by atoms with Crippen molar-refractivity contribution in [3.05, 3.63) is 11.6 Å². The van der Waals surface area contributed by atoms with Crippen molar-refractivity contribution >= 4 is 5.96 Å². The van der Waals surface area contributed by atoms with Gasteiger partial charge in [0.1, 0.15) is 12.4 Å². The number of fused-ring (bicyclic) bond motifs is 1. The van der Waals surface area contributed by atoms with E-state index in [4.69, 9.17) is 4.99 Å². The van der Waals surface area contributed by atoms with E-state index in [-0.39, 0.29) is 0 Å². The van der Waals surface area contributed by atoms with Crippen molar-refractivity contribution < 1.29 is 0 Å². The molecule has 1 N–H and O–H groups in total. The van der Waals surface area contributed by atoms with Crippen LogP contribution in [0.3, 0.4) is 0 Å². The molecule has 0 bridgehead atoms. The summed E-state index contributed by atoms with van der Waals surface area (Å²) in [7, 11) is 0. The van der Waals surface area contributed by atoms with Crippen LogP contribution in [0.15, 0.2) is 4.99 Å². The van der Waals surface area contributed by atoms with Crippen molar-refractivity contribution in [3.8, 4) is 0 Å². The van der Waals surface area contributed by atoms with Crippen molar-refractivity contribution in [2.24, 2.45) is 10.9 Å². The number of likely N-dealkylation sites (tertiary alicyclic amines) is 1. The van der Waals surface area contributed by atoms with E-state index in [1.807, 2.05) is 0 Å². The van der Waals surface area contributed by atoms with Crippen molar-refractivity contribution in [2.45, 2.75) is 65.5 Å². The van der Waals surface area contributed by atoms with Gasteiger partial charge < -0.3 is 14.8 Å². The lowest BCUT2D eigenvalue weighted by Gasteiger charge is -2.32. The molecule has 6 heteroatoms. The zero-order valence-electron chi connectivity index (χ0n) is 14.6. The van der Waals surface area contributed by atoms with Crippen LogP contribution in [0, 0.1) is 5.92 Å². The van der Waals surface area contributed by atoms with E-state index in [1.54, 1.807) is 0 Å². The molecule has 0 amide bonds. The molecule has 0 spiro atoms. The maximum absolute atomic E-state index is 4.85. The second-order valence-corrected chi connectivity index (χ2v) is 6.83. The lowest BCUT2D eigenvalue weighted by Crippen LogP contribution is -2.45. The number of hydrogen-bond acceptors (Lipinski definition) is 3. The summed E-state index contributed by atoms with van der Waals surface area (Å²) < 4.78 is 2.29. The van der Waals surface area contributed by atoms with E-state index >= 15 is 0 Å². The highest BCUT2D eigenvalue weighted by molar-refractivity contribution is 5.80. The highest BCUT2D eigenvalue weighted by Crippen LogP contribution is 2.17. The number of guanidine groups is 1. The number of aromatic nitrogens is 3. The van der Waals surface area contributed by atoms with Gasteiger partial charge in [-0.2, -0.15) is 0 Å². The maximum Gasteiger partial charge on any atom is 0.194 e. The average Bonchev–Trinajstić information content (AvgIpc) is 2.79. The van der Waals surface area contributed by atoms with Crippen molar-refractivity contribution in [1.29, 1.82) is 0 Å². The van der Waals surface area contributed by atoms with Gasteiger partial charge >= 0.3 is 0 Å². The smallest absolute Gasteiger partial charge is 0.194 e. The third-order valence-corrected chi connectivity index (χ3v) is 4.97. The van der Waals surface area contributed by atoms with Crippen LogP contribution in [0.4, 0.5) is 0 Å². The van der Waals surface area contributed by atoms with Crippen molar-refractivity contribution in [3.63, 3.8) is 0 Å². The molecule has 0 aromatic carbocycles. The third-order valence-electron chi connectivity index (χ3n) is 4.97. The Balaban J connectivity index is 1.69. The molecular weight excluding hydrogens is 288 g/mol. The average molecular weight is 318 g/mol. The fourth-order valence-electron chi connectivity index (χ4n) is 3.45. The summed E-state index contributed by atoms with van der Waals surface area (Å²) in [6.07, 6.45) is 7.32. The molecule has 0 aliphatic carbocycles. The van der Waals surface area contributed by atoms with E-state index in [2.05, 4.69) is 38.8 Å². The maximum atomic E-state index is 4.85. The van der Waals surface area contributed by atoms with Crippen LogP contribution in [-0.2, 0) is 19.5 Å². The molecule has 128 valence electrons. The molecule has 3 heterocycles. The van der Waals surface area contributed by atoms with Crippen LogP contribution in [0.2, 0.25) is 0 Å². The molecule has 3 rings (SSSR count). The van der Waals surface area contributed by atoms with Gasteiger partial charge in [-0.25, -0.2) is 4.99 Å². The molecule has 1 saturated heterocycles. The SMILES string of the molecule is CCNC(=NCc1nnc2n1CCCCC2)N1CCC(C)CC1. The Bertz CT molecular complexity index is 527. The van der Waals surface area contributed by atoms with Crippen LogP contribution in [0.25, 0.3) is 0 Å². The molecule has 0 atom stereocenters. The normalized spacial score (nSPS) is 20.3. The van der Waals surface area contributed by atoms with E-state index in [9.17, 15) is 0 Å². The summed E-state index contributed by atoms with van der Waals surface area (Å²) in [5, 5.41) is 12.2. The molecule has 0 radical (unpaired) electrons. The number of hydrogen-bond donors (Lipinski definition) is 1. The first kappa shape index (κ1) is 16.3. The molecule has 1 fully saturated rings. The van der Waals surface area contributed by atoms with Gasteiger partial charge in [0.25, 0.3) is 0 Å². The molecule has 2 aliphatic heterocycles. The minimum Gasteiger partial charge on any atom is -0.357 e. The Morgan fingerprint density at radius 2 is 2.00 bits per heavy atom. The summed E-state index contributed by atoms with van der Waals surface area (Å²) in [6.45, 7) is 9.25. The van der Waals surface area contributed by atoms with Crippen LogP contribution in [-0.4, -0.2) is 45.3 Å². The number of piperidine rings is 1. The number of aliphatic imine (C=N–C) groups is 1. The predicted molar refractivity (Wildman–Crippen MR) is 92.4 cm³/mol. The predicted octanol–water partition coefficient (Wildman–Crippen LogP) is 2.20. The summed E-state index contributed by atoms with van der Waals surface area (Å²) in [5.41, 5.74) is 0. The topological polar surface area (TPSA) is 58.3 Å². The van der Waals surface area contributed by atoms with Crippen LogP contribution < -0.4 is 5.32 Å². The van der Waals surface area contributed by atoms with E-state index in [1.165, 1.54) is 32.1 Å². The Hall–Kier alpha value is -1.59. The first-order valence-corrected chi connectivity index (χ1v) is 9.22. The molecule has 23 heavy (non-hydrogen) atoms. The van der Waals surface area contributed by atoms with Gasteiger partial charge in [-0.3, -0.25) is 0 Å². The second-order valence-electron chi connectivity index (χ2n) is 6.83. The lowest BCUT2D eigenvalue weighted by atomic mass is 10.00. The Morgan fingerprint density at radius 3 is 2.78 bits per heavy atom. The molecular formula is C17H30N6. The van der Waals surface area contributed by atoms with Gasteiger partial charge in [-0.1, -0.05) is 13.3 Å². The number of nitrogens with one attached hydrogen (secondary N) is 1. The van der Waals surface area contributed by atoms with Gasteiger partial charge in [0.2, 0.25) is 0 Å². The number of rotatable bonds is 3. The summed E-state index contributed by atoms with van der Waals surface area (Å²) in [6, 6.07) is 0. The number of aryl methyl sites for hydroxylation is 1. The largest absolute Gasteiger partial charge is 0.357 e. The standard InChI is InChI=1S/C17H30N6/c1-3-18-17(22-11-8-14(2)9-12-22)19-13-16-21-20-15-7-5-4-6-10-23(15)16/h14H,3-13H2,1-2H3,(H,18,19). The van der Waals surface area contributed by atoms with E-state index in [0.717, 1.165) is 56.1 Å². The molecule has 0 unspecified atom stereocenters. The zero-order chi connectivity index (χ0) is 16.1. The van der Waals surface area contributed by atoms with E-state index in [0.29, 0.717) is 6.54 Å². The number of nitrogens with zero attached hydrogens (tertiary/aromatic N) is 5. The van der Waals surface area contributed by atoms with Gasteiger partial charge in [0.05, 0.1) is 0 Å².